The van der Waals surface area contributed by atoms with Crippen molar-refractivity contribution in [2.75, 3.05) is 6.54 Å². The summed E-state index contributed by atoms with van der Waals surface area (Å²) in [6.07, 6.45) is 1.71. The number of nitrogens with one attached hydrogen (secondary N) is 1. The molecule has 22 heavy (non-hydrogen) atoms. The number of benzene rings is 1. The molecular formula is C18H19NO3. The number of aromatic hydroxyl groups is 1. The number of hydrogen-bond donors (Lipinski definition) is 3. The highest BCUT2D eigenvalue weighted by Crippen LogP contribution is 2.65. The Morgan fingerprint density at radius 1 is 1.32 bits per heavy atom. The van der Waals surface area contributed by atoms with Gasteiger partial charge in [-0.1, -0.05) is 19.2 Å². The Bertz CT molecular complexity index is 755. The molecule has 114 valence electrons. The van der Waals surface area contributed by atoms with Crippen molar-refractivity contribution in [2.24, 2.45) is 0 Å². The third-order valence-electron chi connectivity index (χ3n) is 6.29. The van der Waals surface area contributed by atoms with Gasteiger partial charge in [0.1, 0.15) is 6.10 Å². The number of aliphatic hydroxyl groups is 1. The topological polar surface area (TPSA) is 61.7 Å². The SMILES string of the molecule is C=C1C[C@@]2(O)[C@H]3Cc4ccc(O)c5c4[C@@]2(CCN3)C(O5)C1=C. The van der Waals surface area contributed by atoms with Crippen LogP contribution in [0.1, 0.15) is 24.0 Å². The first-order chi connectivity index (χ1) is 10.5. The summed E-state index contributed by atoms with van der Waals surface area (Å²) in [6, 6.07) is 3.65. The van der Waals surface area contributed by atoms with Gasteiger partial charge in [0, 0.05) is 18.0 Å². The first kappa shape index (κ1) is 12.7. The van der Waals surface area contributed by atoms with Crippen molar-refractivity contribution in [1.82, 2.24) is 5.32 Å². The number of rotatable bonds is 0. The fourth-order valence-corrected chi connectivity index (χ4v) is 5.31. The summed E-state index contributed by atoms with van der Waals surface area (Å²) >= 11 is 0. The lowest BCUT2D eigenvalue weighted by Crippen LogP contribution is -2.75. The lowest BCUT2D eigenvalue weighted by Gasteiger charge is -2.60. The largest absolute Gasteiger partial charge is 0.504 e. The molecule has 1 saturated carbocycles. The van der Waals surface area contributed by atoms with Gasteiger partial charge in [-0.25, -0.2) is 0 Å². The standard InChI is InChI=1S/C18H19NO3/c1-9-8-18(21)13-7-11-3-4-12(20)15-14(11)17(18,5-6-19-13)16(22-15)10(9)2/h3-4,13,16,19-21H,1-2,5-8H2/t13-,16?,17+,18-/m1/s1. The van der Waals surface area contributed by atoms with Gasteiger partial charge in [-0.2, -0.15) is 0 Å². The van der Waals surface area contributed by atoms with Crippen LogP contribution in [0, 0.1) is 0 Å². The third kappa shape index (κ3) is 1.10. The van der Waals surface area contributed by atoms with Crippen molar-refractivity contribution >= 4 is 0 Å². The summed E-state index contributed by atoms with van der Waals surface area (Å²) in [5, 5.41) is 25.4. The molecule has 4 heteroatoms. The molecule has 2 aliphatic carbocycles. The molecule has 2 fully saturated rings. The molecule has 1 saturated heterocycles. The highest BCUT2D eigenvalue weighted by atomic mass is 16.5. The third-order valence-corrected chi connectivity index (χ3v) is 6.29. The van der Waals surface area contributed by atoms with E-state index >= 15 is 0 Å². The average Bonchev–Trinajstić information content (AvgIpc) is 2.81. The van der Waals surface area contributed by atoms with E-state index in [-0.39, 0.29) is 17.9 Å². The van der Waals surface area contributed by atoms with Crippen LogP contribution in [-0.2, 0) is 11.8 Å². The summed E-state index contributed by atoms with van der Waals surface area (Å²) in [4.78, 5) is 0. The van der Waals surface area contributed by atoms with Gasteiger partial charge in [0.25, 0.3) is 0 Å². The highest BCUT2D eigenvalue weighted by molar-refractivity contribution is 5.65. The molecule has 1 spiro atoms. The lowest BCUT2D eigenvalue weighted by atomic mass is 9.48. The summed E-state index contributed by atoms with van der Waals surface area (Å²) in [6.45, 7) is 9.11. The number of phenolic OH excluding ortho intramolecular Hbond substituents is 1. The number of piperidine rings is 1. The number of ether oxygens (including phenoxy) is 1. The van der Waals surface area contributed by atoms with Crippen LogP contribution in [0.2, 0.25) is 0 Å². The summed E-state index contributed by atoms with van der Waals surface area (Å²) in [5.74, 6) is 0.692. The molecule has 2 heterocycles. The second-order valence-corrected chi connectivity index (χ2v) is 7.11. The maximum Gasteiger partial charge on any atom is 0.166 e. The van der Waals surface area contributed by atoms with E-state index in [0.717, 1.165) is 41.7 Å². The smallest absolute Gasteiger partial charge is 0.166 e. The minimum atomic E-state index is -0.930. The van der Waals surface area contributed by atoms with Crippen molar-refractivity contribution in [1.29, 1.82) is 0 Å². The average molecular weight is 297 g/mol. The van der Waals surface area contributed by atoms with Crippen LogP contribution in [0.15, 0.2) is 36.4 Å². The first-order valence-corrected chi connectivity index (χ1v) is 7.84. The molecule has 1 aromatic rings. The van der Waals surface area contributed by atoms with E-state index in [9.17, 15) is 10.2 Å². The molecule has 5 rings (SSSR count). The van der Waals surface area contributed by atoms with Crippen molar-refractivity contribution < 1.29 is 14.9 Å². The van der Waals surface area contributed by atoms with Crippen LogP contribution in [0.25, 0.3) is 0 Å². The Labute approximate surface area is 129 Å². The van der Waals surface area contributed by atoms with E-state index in [1.807, 2.05) is 6.07 Å². The van der Waals surface area contributed by atoms with Gasteiger partial charge in [-0.15, -0.1) is 0 Å². The van der Waals surface area contributed by atoms with Gasteiger partial charge in [0.05, 0.1) is 11.0 Å². The summed E-state index contributed by atoms with van der Waals surface area (Å²) in [7, 11) is 0. The van der Waals surface area contributed by atoms with E-state index < -0.39 is 11.0 Å². The fraction of sp³-hybridized carbons (Fsp3) is 0.444. The van der Waals surface area contributed by atoms with Crippen LogP contribution < -0.4 is 10.1 Å². The van der Waals surface area contributed by atoms with Crippen LogP contribution in [0.5, 0.6) is 11.5 Å². The number of hydrogen-bond acceptors (Lipinski definition) is 4. The van der Waals surface area contributed by atoms with Gasteiger partial charge < -0.3 is 20.3 Å². The molecule has 2 aliphatic heterocycles. The van der Waals surface area contributed by atoms with E-state index in [0.29, 0.717) is 12.2 Å². The monoisotopic (exact) mass is 297 g/mol. The second kappa shape index (κ2) is 3.58. The van der Waals surface area contributed by atoms with Crippen LogP contribution in [-0.4, -0.2) is 34.5 Å². The molecule has 0 amide bonds. The van der Waals surface area contributed by atoms with Crippen LogP contribution in [0.3, 0.4) is 0 Å². The quantitative estimate of drug-likeness (QED) is 0.680. The Balaban J connectivity index is 1.90. The van der Waals surface area contributed by atoms with Crippen molar-refractivity contribution in [3.8, 4) is 11.5 Å². The van der Waals surface area contributed by atoms with E-state index in [1.165, 1.54) is 0 Å². The van der Waals surface area contributed by atoms with Crippen LogP contribution >= 0.6 is 0 Å². The first-order valence-electron chi connectivity index (χ1n) is 7.84. The number of phenols is 1. The Morgan fingerprint density at radius 2 is 2.14 bits per heavy atom. The van der Waals surface area contributed by atoms with Gasteiger partial charge in [-0.3, -0.25) is 0 Å². The molecule has 3 N–H and O–H groups in total. The predicted octanol–water partition coefficient (Wildman–Crippen LogP) is 1.56. The Hall–Kier alpha value is -1.78. The van der Waals surface area contributed by atoms with Crippen molar-refractivity contribution in [2.45, 2.75) is 42.4 Å². The Kier molecular flexibility index (Phi) is 2.07. The van der Waals surface area contributed by atoms with E-state index in [1.54, 1.807) is 6.07 Å². The van der Waals surface area contributed by atoms with Gasteiger partial charge >= 0.3 is 0 Å². The molecule has 1 aromatic carbocycles. The molecule has 0 aromatic heterocycles. The van der Waals surface area contributed by atoms with Crippen LogP contribution in [0.4, 0.5) is 0 Å². The van der Waals surface area contributed by atoms with Gasteiger partial charge in [-0.05, 0) is 42.2 Å². The van der Waals surface area contributed by atoms with Gasteiger partial charge in [0.15, 0.2) is 11.5 Å². The predicted molar refractivity (Wildman–Crippen MR) is 82.2 cm³/mol. The zero-order chi connectivity index (χ0) is 15.3. The highest BCUT2D eigenvalue weighted by Gasteiger charge is 2.71. The van der Waals surface area contributed by atoms with Crippen molar-refractivity contribution in [3.05, 3.63) is 47.6 Å². The molecule has 4 aliphatic rings. The lowest BCUT2D eigenvalue weighted by molar-refractivity contribution is -0.125. The molecular weight excluding hydrogens is 278 g/mol. The zero-order valence-electron chi connectivity index (χ0n) is 12.4. The molecule has 4 atom stereocenters. The molecule has 1 unspecified atom stereocenters. The second-order valence-electron chi connectivity index (χ2n) is 7.11. The summed E-state index contributed by atoms with van der Waals surface area (Å²) < 4.78 is 6.16. The van der Waals surface area contributed by atoms with Crippen molar-refractivity contribution in [3.63, 3.8) is 0 Å². The molecule has 4 nitrogen and oxygen atoms in total. The summed E-state index contributed by atoms with van der Waals surface area (Å²) in [5.41, 5.74) is 2.44. The fourth-order valence-electron chi connectivity index (χ4n) is 5.31. The minimum Gasteiger partial charge on any atom is -0.504 e. The maximum atomic E-state index is 11.7. The Morgan fingerprint density at radius 3 is 2.95 bits per heavy atom. The minimum absolute atomic E-state index is 0.0137. The van der Waals surface area contributed by atoms with Gasteiger partial charge in [0.2, 0.25) is 0 Å². The normalized spacial score (nSPS) is 41.1. The van der Waals surface area contributed by atoms with E-state index in [2.05, 4.69) is 18.5 Å². The molecule has 2 bridgehead atoms. The van der Waals surface area contributed by atoms with E-state index in [4.69, 9.17) is 4.74 Å². The zero-order valence-corrected chi connectivity index (χ0v) is 12.4. The maximum absolute atomic E-state index is 11.7. The molecule has 0 radical (unpaired) electrons.